The van der Waals surface area contributed by atoms with Crippen LogP contribution in [-0.2, 0) is 4.74 Å². The van der Waals surface area contributed by atoms with Crippen LogP contribution in [0.1, 0.15) is 17.3 Å². The van der Waals surface area contributed by atoms with Crippen LogP contribution in [0.2, 0.25) is 0 Å². The molecule has 0 fully saturated rings. The number of fused-ring (bicyclic) bond motifs is 3. The van der Waals surface area contributed by atoms with Crippen LogP contribution in [0, 0.1) is 0 Å². The van der Waals surface area contributed by atoms with Crippen molar-refractivity contribution >= 4 is 22.4 Å². The summed E-state index contributed by atoms with van der Waals surface area (Å²) in [5, 5.41) is 1.13. The number of aromatic nitrogens is 1. The van der Waals surface area contributed by atoms with Gasteiger partial charge in [0.15, 0.2) is 0 Å². The van der Waals surface area contributed by atoms with Gasteiger partial charge in [-0.05, 0) is 30.0 Å². The minimum Gasteiger partial charge on any atom is -0.462 e. The Kier molecular flexibility index (Phi) is 3.54. The monoisotopic (exact) mass is 315 g/mol. The SMILES string of the molecule is CCOC(=O)c1c(-c2ccccc2)cn2c1ccc1ccccc12. The number of carbonyl (C=O) groups is 1. The summed E-state index contributed by atoms with van der Waals surface area (Å²) in [4.78, 5) is 12.6. The molecule has 0 aliphatic carbocycles. The Morgan fingerprint density at radius 3 is 2.46 bits per heavy atom. The topological polar surface area (TPSA) is 30.7 Å². The van der Waals surface area contributed by atoms with Gasteiger partial charge in [0.05, 0.1) is 23.2 Å². The Hall–Kier alpha value is -3.07. The first-order chi connectivity index (χ1) is 11.8. The molecule has 0 atom stereocenters. The van der Waals surface area contributed by atoms with Crippen LogP contribution >= 0.6 is 0 Å². The Morgan fingerprint density at radius 2 is 1.67 bits per heavy atom. The van der Waals surface area contributed by atoms with E-state index in [1.165, 1.54) is 0 Å². The fraction of sp³-hybridized carbons (Fsp3) is 0.0952. The quantitative estimate of drug-likeness (QED) is 0.502. The van der Waals surface area contributed by atoms with E-state index in [-0.39, 0.29) is 5.97 Å². The molecule has 118 valence electrons. The molecule has 0 aliphatic heterocycles. The van der Waals surface area contributed by atoms with Gasteiger partial charge in [0.1, 0.15) is 0 Å². The zero-order chi connectivity index (χ0) is 16.5. The maximum atomic E-state index is 12.6. The molecule has 0 spiro atoms. The highest BCUT2D eigenvalue weighted by Crippen LogP contribution is 2.32. The van der Waals surface area contributed by atoms with E-state index in [1.807, 2.05) is 67.7 Å². The van der Waals surface area contributed by atoms with Crippen molar-refractivity contribution in [3.05, 3.63) is 78.5 Å². The van der Waals surface area contributed by atoms with Gasteiger partial charge >= 0.3 is 5.97 Å². The summed E-state index contributed by atoms with van der Waals surface area (Å²) in [5.74, 6) is -0.283. The van der Waals surface area contributed by atoms with Gasteiger partial charge < -0.3 is 9.14 Å². The van der Waals surface area contributed by atoms with E-state index in [1.54, 1.807) is 0 Å². The molecule has 2 heterocycles. The fourth-order valence-corrected chi connectivity index (χ4v) is 3.16. The van der Waals surface area contributed by atoms with Gasteiger partial charge in [0, 0.05) is 11.8 Å². The van der Waals surface area contributed by atoms with Crippen molar-refractivity contribution in [2.75, 3.05) is 6.61 Å². The average molecular weight is 315 g/mol. The second-order valence-electron chi connectivity index (χ2n) is 5.65. The summed E-state index contributed by atoms with van der Waals surface area (Å²) in [5.41, 5.74) is 4.46. The van der Waals surface area contributed by atoms with Gasteiger partial charge in [0.25, 0.3) is 0 Å². The third kappa shape index (κ3) is 2.26. The highest BCUT2D eigenvalue weighted by atomic mass is 16.5. The Morgan fingerprint density at radius 1 is 0.917 bits per heavy atom. The Bertz CT molecular complexity index is 1030. The molecule has 4 aromatic rings. The molecule has 3 nitrogen and oxygen atoms in total. The Labute approximate surface area is 140 Å². The first kappa shape index (κ1) is 14.5. The first-order valence-electron chi connectivity index (χ1n) is 8.05. The number of hydrogen-bond donors (Lipinski definition) is 0. The third-order valence-corrected chi connectivity index (χ3v) is 4.22. The molecule has 0 amide bonds. The lowest BCUT2D eigenvalue weighted by atomic mass is 10.0. The molecule has 0 unspecified atom stereocenters. The van der Waals surface area contributed by atoms with Crippen molar-refractivity contribution in [2.45, 2.75) is 6.92 Å². The minimum absolute atomic E-state index is 0.283. The number of carbonyl (C=O) groups excluding carboxylic acids is 1. The summed E-state index contributed by atoms with van der Waals surface area (Å²) in [7, 11) is 0. The zero-order valence-electron chi connectivity index (χ0n) is 13.4. The molecule has 4 rings (SSSR count). The third-order valence-electron chi connectivity index (χ3n) is 4.22. The lowest BCUT2D eigenvalue weighted by molar-refractivity contribution is 0.0529. The highest BCUT2D eigenvalue weighted by Gasteiger charge is 2.20. The van der Waals surface area contributed by atoms with E-state index in [0.29, 0.717) is 12.2 Å². The molecular formula is C21H17NO2. The predicted octanol–water partition coefficient (Wildman–Crippen LogP) is 4.94. The van der Waals surface area contributed by atoms with Gasteiger partial charge in [-0.25, -0.2) is 4.79 Å². The zero-order valence-corrected chi connectivity index (χ0v) is 13.4. The average Bonchev–Trinajstić information content (AvgIpc) is 3.03. The van der Waals surface area contributed by atoms with Crippen LogP contribution in [0.15, 0.2) is 72.9 Å². The van der Waals surface area contributed by atoms with Gasteiger partial charge in [-0.2, -0.15) is 0 Å². The van der Waals surface area contributed by atoms with Gasteiger partial charge in [-0.1, -0.05) is 54.6 Å². The predicted molar refractivity (Wildman–Crippen MR) is 96.3 cm³/mol. The van der Waals surface area contributed by atoms with Crippen molar-refractivity contribution in [1.29, 1.82) is 0 Å². The molecule has 0 N–H and O–H groups in total. The summed E-state index contributed by atoms with van der Waals surface area (Å²) >= 11 is 0. The number of rotatable bonds is 3. The number of para-hydroxylation sites is 1. The number of pyridine rings is 1. The molecule has 0 saturated heterocycles. The summed E-state index contributed by atoms with van der Waals surface area (Å²) in [6.45, 7) is 2.19. The van der Waals surface area contributed by atoms with Gasteiger partial charge in [-0.3, -0.25) is 0 Å². The number of esters is 1. The smallest absolute Gasteiger partial charge is 0.340 e. The van der Waals surface area contributed by atoms with E-state index >= 15 is 0 Å². The summed E-state index contributed by atoms with van der Waals surface area (Å²) in [6.07, 6.45) is 2.03. The molecule has 3 heteroatoms. The van der Waals surface area contributed by atoms with Gasteiger partial charge in [-0.15, -0.1) is 0 Å². The Balaban J connectivity index is 2.08. The van der Waals surface area contributed by atoms with Crippen molar-refractivity contribution in [3.63, 3.8) is 0 Å². The number of benzene rings is 2. The van der Waals surface area contributed by atoms with E-state index in [0.717, 1.165) is 27.5 Å². The van der Waals surface area contributed by atoms with E-state index in [9.17, 15) is 4.79 Å². The van der Waals surface area contributed by atoms with Crippen molar-refractivity contribution < 1.29 is 9.53 Å². The van der Waals surface area contributed by atoms with Crippen molar-refractivity contribution in [1.82, 2.24) is 4.40 Å². The lowest BCUT2D eigenvalue weighted by Gasteiger charge is -2.05. The number of ether oxygens (including phenoxy) is 1. The molecule has 2 aromatic heterocycles. The van der Waals surface area contributed by atoms with Crippen LogP contribution in [0.3, 0.4) is 0 Å². The van der Waals surface area contributed by atoms with E-state index < -0.39 is 0 Å². The molecule has 2 aromatic carbocycles. The van der Waals surface area contributed by atoms with E-state index in [4.69, 9.17) is 4.74 Å². The van der Waals surface area contributed by atoms with Gasteiger partial charge in [0.2, 0.25) is 0 Å². The normalized spacial score (nSPS) is 11.0. The molecule has 0 radical (unpaired) electrons. The largest absolute Gasteiger partial charge is 0.462 e. The summed E-state index contributed by atoms with van der Waals surface area (Å²) in [6, 6.07) is 22.1. The van der Waals surface area contributed by atoms with Crippen LogP contribution < -0.4 is 0 Å². The number of nitrogens with zero attached hydrogens (tertiary/aromatic N) is 1. The van der Waals surface area contributed by atoms with Crippen LogP contribution in [0.4, 0.5) is 0 Å². The van der Waals surface area contributed by atoms with Crippen molar-refractivity contribution in [2.24, 2.45) is 0 Å². The minimum atomic E-state index is -0.283. The van der Waals surface area contributed by atoms with Crippen LogP contribution in [0.25, 0.3) is 27.5 Å². The second kappa shape index (κ2) is 5.85. The molecule has 0 aliphatic rings. The number of hydrogen-bond acceptors (Lipinski definition) is 2. The summed E-state index contributed by atoms with van der Waals surface area (Å²) < 4.78 is 7.39. The van der Waals surface area contributed by atoms with Crippen molar-refractivity contribution in [3.8, 4) is 11.1 Å². The van der Waals surface area contributed by atoms with E-state index in [2.05, 4.69) is 16.5 Å². The van der Waals surface area contributed by atoms with Crippen LogP contribution in [-0.4, -0.2) is 17.0 Å². The fourth-order valence-electron chi connectivity index (χ4n) is 3.16. The molecule has 0 bridgehead atoms. The second-order valence-corrected chi connectivity index (χ2v) is 5.65. The standard InChI is InChI=1S/C21H17NO2/c1-2-24-21(23)20-17(15-8-4-3-5-9-15)14-22-18-11-7-6-10-16(18)12-13-19(20)22/h3-14H,2H2,1H3. The van der Waals surface area contributed by atoms with Crippen LogP contribution in [0.5, 0.6) is 0 Å². The maximum absolute atomic E-state index is 12.6. The molecule has 0 saturated carbocycles. The first-order valence-corrected chi connectivity index (χ1v) is 8.05. The lowest BCUT2D eigenvalue weighted by Crippen LogP contribution is -2.05. The molecule has 24 heavy (non-hydrogen) atoms. The maximum Gasteiger partial charge on any atom is 0.340 e. The molecular weight excluding hydrogens is 298 g/mol. The highest BCUT2D eigenvalue weighted by molar-refractivity contribution is 6.06.